The SMILES string of the molecule is CCCC/C=C/C(O)C(CO)NC(=O)CCCCCCCCCCCCCCCCCC. The number of aliphatic hydroxyl groups excluding tert-OH is 2. The summed E-state index contributed by atoms with van der Waals surface area (Å²) in [6.45, 7) is 4.15. The summed E-state index contributed by atoms with van der Waals surface area (Å²) in [7, 11) is 0. The van der Waals surface area contributed by atoms with Gasteiger partial charge in [-0.05, 0) is 12.8 Å². The van der Waals surface area contributed by atoms with Crippen molar-refractivity contribution in [2.24, 2.45) is 0 Å². The number of hydrogen-bond donors (Lipinski definition) is 3. The summed E-state index contributed by atoms with van der Waals surface area (Å²) >= 11 is 0. The van der Waals surface area contributed by atoms with Crippen molar-refractivity contribution in [2.75, 3.05) is 6.61 Å². The molecule has 32 heavy (non-hydrogen) atoms. The van der Waals surface area contributed by atoms with Gasteiger partial charge in [0, 0.05) is 6.42 Å². The molecule has 0 aromatic carbocycles. The van der Waals surface area contributed by atoms with Gasteiger partial charge in [-0.2, -0.15) is 0 Å². The first-order valence-corrected chi connectivity index (χ1v) is 13.9. The molecule has 0 spiro atoms. The van der Waals surface area contributed by atoms with Gasteiger partial charge in [0.1, 0.15) is 0 Å². The lowest BCUT2D eigenvalue weighted by Gasteiger charge is -2.19. The molecule has 4 heteroatoms. The van der Waals surface area contributed by atoms with Crippen molar-refractivity contribution in [3.63, 3.8) is 0 Å². The van der Waals surface area contributed by atoms with E-state index in [2.05, 4.69) is 19.2 Å². The Morgan fingerprint density at radius 2 is 1.16 bits per heavy atom. The molecule has 0 saturated heterocycles. The topological polar surface area (TPSA) is 69.6 Å². The molecule has 2 unspecified atom stereocenters. The van der Waals surface area contributed by atoms with Crippen LogP contribution in [0.1, 0.15) is 142 Å². The van der Waals surface area contributed by atoms with Gasteiger partial charge in [0.25, 0.3) is 0 Å². The van der Waals surface area contributed by atoms with Crippen molar-refractivity contribution in [2.45, 2.75) is 154 Å². The Hall–Kier alpha value is -0.870. The first-order valence-electron chi connectivity index (χ1n) is 13.9. The molecule has 0 radical (unpaired) electrons. The van der Waals surface area contributed by atoms with Crippen LogP contribution in [-0.4, -0.2) is 34.9 Å². The summed E-state index contributed by atoms with van der Waals surface area (Å²) in [5, 5.41) is 22.3. The van der Waals surface area contributed by atoms with Crippen molar-refractivity contribution in [3.8, 4) is 0 Å². The van der Waals surface area contributed by atoms with Gasteiger partial charge in [-0.3, -0.25) is 4.79 Å². The number of rotatable bonds is 24. The van der Waals surface area contributed by atoms with E-state index < -0.39 is 12.1 Å². The number of carbonyl (C=O) groups excluding carboxylic acids is 1. The van der Waals surface area contributed by atoms with Crippen LogP contribution in [0.2, 0.25) is 0 Å². The molecule has 0 heterocycles. The quantitative estimate of drug-likeness (QED) is 0.107. The number of hydrogen-bond acceptors (Lipinski definition) is 3. The normalized spacial score (nSPS) is 13.5. The summed E-state index contributed by atoms with van der Waals surface area (Å²) in [6, 6.07) is -0.610. The summed E-state index contributed by atoms with van der Waals surface area (Å²) in [4.78, 5) is 12.1. The van der Waals surface area contributed by atoms with Crippen molar-refractivity contribution < 1.29 is 15.0 Å². The molecule has 0 aliphatic heterocycles. The van der Waals surface area contributed by atoms with Gasteiger partial charge < -0.3 is 15.5 Å². The fourth-order valence-corrected chi connectivity index (χ4v) is 4.04. The summed E-state index contributed by atoms with van der Waals surface area (Å²) < 4.78 is 0. The molecule has 0 aromatic rings. The second kappa shape index (κ2) is 24.8. The second-order valence-electron chi connectivity index (χ2n) is 9.47. The van der Waals surface area contributed by atoms with E-state index in [9.17, 15) is 15.0 Å². The number of nitrogens with one attached hydrogen (secondary N) is 1. The molecule has 190 valence electrons. The van der Waals surface area contributed by atoms with Crippen LogP contribution >= 0.6 is 0 Å². The summed E-state index contributed by atoms with van der Waals surface area (Å²) in [5.74, 6) is -0.0737. The summed E-state index contributed by atoms with van der Waals surface area (Å²) in [6.07, 6.45) is 27.5. The van der Waals surface area contributed by atoms with Crippen molar-refractivity contribution in [1.29, 1.82) is 0 Å². The molecule has 0 saturated carbocycles. The molecule has 0 aliphatic carbocycles. The van der Waals surface area contributed by atoms with Crippen molar-refractivity contribution in [3.05, 3.63) is 12.2 Å². The third kappa shape index (κ3) is 21.0. The van der Waals surface area contributed by atoms with Gasteiger partial charge in [0.2, 0.25) is 5.91 Å². The Bertz CT molecular complexity index is 425. The van der Waals surface area contributed by atoms with Crippen LogP contribution in [0.4, 0.5) is 0 Å². The van der Waals surface area contributed by atoms with Crippen LogP contribution in [0.5, 0.6) is 0 Å². The van der Waals surface area contributed by atoms with E-state index in [1.165, 1.54) is 89.9 Å². The van der Waals surface area contributed by atoms with Gasteiger partial charge in [-0.25, -0.2) is 0 Å². The van der Waals surface area contributed by atoms with E-state index in [4.69, 9.17) is 0 Å². The molecule has 0 aliphatic rings. The van der Waals surface area contributed by atoms with E-state index in [1.807, 2.05) is 6.08 Å². The smallest absolute Gasteiger partial charge is 0.220 e. The zero-order chi connectivity index (χ0) is 23.7. The monoisotopic (exact) mass is 453 g/mol. The number of carbonyl (C=O) groups is 1. The van der Waals surface area contributed by atoms with Crippen LogP contribution in [0.25, 0.3) is 0 Å². The average molecular weight is 454 g/mol. The van der Waals surface area contributed by atoms with Gasteiger partial charge in [-0.15, -0.1) is 0 Å². The van der Waals surface area contributed by atoms with Crippen molar-refractivity contribution in [1.82, 2.24) is 5.32 Å². The van der Waals surface area contributed by atoms with Crippen LogP contribution in [0.15, 0.2) is 12.2 Å². The fourth-order valence-electron chi connectivity index (χ4n) is 4.04. The highest BCUT2D eigenvalue weighted by atomic mass is 16.3. The first-order chi connectivity index (χ1) is 15.7. The highest BCUT2D eigenvalue weighted by Crippen LogP contribution is 2.14. The molecular weight excluding hydrogens is 398 g/mol. The minimum Gasteiger partial charge on any atom is -0.394 e. The highest BCUT2D eigenvalue weighted by molar-refractivity contribution is 5.76. The Morgan fingerprint density at radius 3 is 1.59 bits per heavy atom. The Morgan fingerprint density at radius 1 is 0.719 bits per heavy atom. The van der Waals surface area contributed by atoms with Gasteiger partial charge in [0.15, 0.2) is 0 Å². The molecule has 0 bridgehead atoms. The molecular formula is C28H55NO3. The predicted molar refractivity (Wildman–Crippen MR) is 138 cm³/mol. The van der Waals surface area contributed by atoms with Gasteiger partial charge in [0.05, 0.1) is 18.8 Å². The predicted octanol–water partition coefficient (Wildman–Crippen LogP) is 7.22. The van der Waals surface area contributed by atoms with E-state index in [0.29, 0.717) is 6.42 Å². The standard InChI is InChI=1S/C28H55NO3/c1-3-5-7-9-10-11-12-13-14-15-16-17-18-19-20-22-24-28(32)29-26(25-30)27(31)23-21-8-6-4-2/h21,23,26-27,30-31H,3-20,22,24-25H2,1-2H3,(H,29,32)/b23-21+. The zero-order valence-electron chi connectivity index (χ0n) is 21.5. The van der Waals surface area contributed by atoms with Crippen molar-refractivity contribution >= 4 is 5.91 Å². The highest BCUT2D eigenvalue weighted by Gasteiger charge is 2.17. The molecule has 4 nitrogen and oxygen atoms in total. The molecule has 3 N–H and O–H groups in total. The number of unbranched alkanes of at least 4 members (excludes halogenated alkanes) is 17. The number of amides is 1. The number of aliphatic hydroxyl groups is 2. The Labute approximate surface area is 199 Å². The average Bonchev–Trinajstić information content (AvgIpc) is 2.79. The number of allylic oxidation sites excluding steroid dienone is 1. The Kier molecular flexibility index (Phi) is 24.1. The third-order valence-electron chi connectivity index (χ3n) is 6.27. The molecule has 0 aromatic heterocycles. The van der Waals surface area contributed by atoms with Crippen LogP contribution in [-0.2, 0) is 4.79 Å². The van der Waals surface area contributed by atoms with Gasteiger partial charge >= 0.3 is 0 Å². The van der Waals surface area contributed by atoms with Crippen LogP contribution < -0.4 is 5.32 Å². The molecule has 1 amide bonds. The maximum Gasteiger partial charge on any atom is 0.220 e. The maximum atomic E-state index is 12.1. The first kappa shape index (κ1) is 31.1. The largest absolute Gasteiger partial charge is 0.394 e. The molecule has 0 rings (SSSR count). The second-order valence-corrected chi connectivity index (χ2v) is 9.47. The lowest BCUT2D eigenvalue weighted by atomic mass is 10.0. The zero-order valence-corrected chi connectivity index (χ0v) is 21.5. The van der Waals surface area contributed by atoms with E-state index >= 15 is 0 Å². The third-order valence-corrected chi connectivity index (χ3v) is 6.27. The lowest BCUT2D eigenvalue weighted by Crippen LogP contribution is -2.45. The van der Waals surface area contributed by atoms with E-state index in [-0.39, 0.29) is 12.5 Å². The maximum absolute atomic E-state index is 12.1. The molecule has 2 atom stereocenters. The summed E-state index contributed by atoms with van der Waals surface area (Å²) in [5.41, 5.74) is 0. The lowest BCUT2D eigenvalue weighted by molar-refractivity contribution is -0.123. The van der Waals surface area contributed by atoms with Gasteiger partial charge in [-0.1, -0.05) is 135 Å². The van der Waals surface area contributed by atoms with E-state index in [1.54, 1.807) is 6.08 Å². The molecule has 0 fully saturated rings. The van der Waals surface area contributed by atoms with E-state index in [0.717, 1.165) is 32.1 Å². The van der Waals surface area contributed by atoms with Crippen LogP contribution in [0.3, 0.4) is 0 Å². The van der Waals surface area contributed by atoms with Crippen LogP contribution in [0, 0.1) is 0 Å². The fraction of sp³-hybridized carbons (Fsp3) is 0.893. The Balaban J connectivity index is 3.50. The minimum absolute atomic E-state index is 0.0737. The minimum atomic E-state index is -0.827.